The number of carbonyl (C=O) groups excluding carboxylic acids is 2. The average Bonchev–Trinajstić information content (AvgIpc) is 2.45. The molecule has 0 bridgehead atoms. The van der Waals surface area contributed by atoms with Gasteiger partial charge in [-0.05, 0) is 44.0 Å². The molecule has 0 heterocycles. The van der Waals surface area contributed by atoms with Crippen LogP contribution < -0.4 is 0 Å². The molecule has 2 aromatic rings. The van der Waals surface area contributed by atoms with Gasteiger partial charge >= 0.3 is 5.97 Å². The van der Waals surface area contributed by atoms with Gasteiger partial charge in [0.2, 0.25) is 0 Å². The summed E-state index contributed by atoms with van der Waals surface area (Å²) in [5.74, 6) is -0.467. The third-order valence-corrected chi connectivity index (χ3v) is 3.21. The van der Waals surface area contributed by atoms with Crippen LogP contribution >= 0.6 is 11.6 Å². The Morgan fingerprint density at radius 2 is 1.77 bits per heavy atom. The Bertz CT molecular complexity index is 715. The molecule has 0 radical (unpaired) electrons. The molecule has 0 unspecified atom stereocenters. The molecule has 2 aromatic carbocycles. The molecule has 0 saturated heterocycles. The van der Waals surface area contributed by atoms with E-state index in [4.69, 9.17) is 16.3 Å². The molecule has 0 aliphatic heterocycles. The summed E-state index contributed by atoms with van der Waals surface area (Å²) in [6.07, 6.45) is 0.767. The first kappa shape index (κ1) is 16.2. The highest BCUT2D eigenvalue weighted by Crippen LogP contribution is 2.30. The number of aldehydes is 1. The minimum Gasteiger partial charge on any atom is -0.456 e. The molecule has 4 heteroatoms. The lowest BCUT2D eigenvalue weighted by molar-refractivity contribution is 0.00703. The molecule has 22 heavy (non-hydrogen) atoms. The smallest absolute Gasteiger partial charge is 0.339 e. The average molecular weight is 317 g/mol. The maximum atomic E-state index is 12.4. The van der Waals surface area contributed by atoms with Gasteiger partial charge in [0.15, 0.2) is 6.29 Å². The summed E-state index contributed by atoms with van der Waals surface area (Å²) in [6, 6.07) is 12.1. The second-order valence-corrected chi connectivity index (χ2v) is 6.33. The van der Waals surface area contributed by atoms with Gasteiger partial charge in [-0.15, -0.1) is 0 Å². The molecule has 0 aromatic heterocycles. The van der Waals surface area contributed by atoms with E-state index in [-0.39, 0.29) is 0 Å². The van der Waals surface area contributed by atoms with E-state index in [0.717, 1.165) is 6.29 Å². The highest BCUT2D eigenvalue weighted by molar-refractivity contribution is 6.31. The first-order valence-corrected chi connectivity index (χ1v) is 7.27. The molecule has 0 aliphatic carbocycles. The Balaban J connectivity index is 2.58. The van der Waals surface area contributed by atoms with Crippen molar-refractivity contribution in [2.45, 2.75) is 26.4 Å². The van der Waals surface area contributed by atoms with Crippen molar-refractivity contribution in [3.05, 3.63) is 58.6 Å². The normalized spacial score (nSPS) is 11.1. The van der Waals surface area contributed by atoms with Crippen LogP contribution in [0, 0.1) is 0 Å². The van der Waals surface area contributed by atoms with Crippen LogP contribution in [-0.4, -0.2) is 17.9 Å². The molecule has 114 valence electrons. The Hall–Kier alpha value is -2.13. The zero-order chi connectivity index (χ0) is 16.3. The van der Waals surface area contributed by atoms with Gasteiger partial charge in [-0.25, -0.2) is 4.79 Å². The third-order valence-electron chi connectivity index (χ3n) is 2.98. The number of ether oxygens (including phenoxy) is 1. The SMILES string of the molecule is CC(C)(C)OC(=O)c1cc(Cl)ccc1-c1ccccc1C=O. The lowest BCUT2D eigenvalue weighted by Gasteiger charge is -2.21. The van der Waals surface area contributed by atoms with E-state index in [9.17, 15) is 9.59 Å². The Labute approximate surface area is 134 Å². The molecule has 0 amide bonds. The van der Waals surface area contributed by atoms with E-state index in [1.807, 2.05) is 6.07 Å². The van der Waals surface area contributed by atoms with Crippen LogP contribution in [0.25, 0.3) is 11.1 Å². The Morgan fingerprint density at radius 1 is 1.09 bits per heavy atom. The van der Waals surface area contributed by atoms with Crippen LogP contribution in [0.2, 0.25) is 5.02 Å². The predicted molar refractivity (Wildman–Crippen MR) is 87.4 cm³/mol. The van der Waals surface area contributed by atoms with Gasteiger partial charge in [-0.1, -0.05) is 41.9 Å². The van der Waals surface area contributed by atoms with Crippen LogP contribution in [0.4, 0.5) is 0 Å². The summed E-state index contributed by atoms with van der Waals surface area (Å²) >= 11 is 6.02. The lowest BCUT2D eigenvalue weighted by atomic mass is 9.96. The molecule has 0 spiro atoms. The van der Waals surface area contributed by atoms with E-state index in [0.29, 0.717) is 27.3 Å². The number of esters is 1. The van der Waals surface area contributed by atoms with Gasteiger partial charge in [0.05, 0.1) is 5.56 Å². The summed E-state index contributed by atoms with van der Waals surface area (Å²) in [5, 5.41) is 0.438. The van der Waals surface area contributed by atoms with E-state index in [2.05, 4.69) is 0 Å². The van der Waals surface area contributed by atoms with E-state index in [1.165, 1.54) is 0 Å². The molecule has 0 saturated carbocycles. The number of hydrogen-bond donors (Lipinski definition) is 0. The van der Waals surface area contributed by atoms with Gasteiger partial charge in [0.25, 0.3) is 0 Å². The highest BCUT2D eigenvalue weighted by Gasteiger charge is 2.22. The fourth-order valence-corrected chi connectivity index (χ4v) is 2.27. The van der Waals surface area contributed by atoms with Crippen molar-refractivity contribution in [2.75, 3.05) is 0 Å². The van der Waals surface area contributed by atoms with Gasteiger partial charge in [0.1, 0.15) is 5.60 Å². The second-order valence-electron chi connectivity index (χ2n) is 5.90. The molecule has 0 aliphatic rings. The Kier molecular flexibility index (Phi) is 4.67. The van der Waals surface area contributed by atoms with Crippen molar-refractivity contribution in [1.29, 1.82) is 0 Å². The van der Waals surface area contributed by atoms with Crippen molar-refractivity contribution < 1.29 is 14.3 Å². The second kappa shape index (κ2) is 6.32. The zero-order valence-corrected chi connectivity index (χ0v) is 13.5. The summed E-state index contributed by atoms with van der Waals surface area (Å²) in [6.45, 7) is 5.40. The zero-order valence-electron chi connectivity index (χ0n) is 12.7. The first-order valence-electron chi connectivity index (χ1n) is 6.89. The number of rotatable bonds is 3. The quantitative estimate of drug-likeness (QED) is 0.605. The standard InChI is InChI=1S/C18H17ClO3/c1-18(2,3)22-17(21)16-10-13(19)8-9-15(16)14-7-5-4-6-12(14)11-20/h4-11H,1-3H3. The molecular weight excluding hydrogens is 300 g/mol. The van der Waals surface area contributed by atoms with Gasteiger partial charge in [-0.3, -0.25) is 4.79 Å². The minimum atomic E-state index is -0.610. The number of benzene rings is 2. The lowest BCUT2D eigenvalue weighted by Crippen LogP contribution is -2.24. The summed E-state index contributed by atoms with van der Waals surface area (Å²) < 4.78 is 5.43. The minimum absolute atomic E-state index is 0.344. The Morgan fingerprint density at radius 3 is 2.41 bits per heavy atom. The van der Waals surface area contributed by atoms with E-state index < -0.39 is 11.6 Å². The fourth-order valence-electron chi connectivity index (χ4n) is 2.10. The van der Waals surface area contributed by atoms with E-state index >= 15 is 0 Å². The van der Waals surface area contributed by atoms with Crippen molar-refractivity contribution in [2.24, 2.45) is 0 Å². The molecule has 2 rings (SSSR count). The largest absolute Gasteiger partial charge is 0.456 e. The topological polar surface area (TPSA) is 43.4 Å². The summed E-state index contributed by atoms with van der Waals surface area (Å²) in [4.78, 5) is 23.7. The van der Waals surface area contributed by atoms with Crippen molar-refractivity contribution in [3.8, 4) is 11.1 Å². The van der Waals surface area contributed by atoms with Crippen molar-refractivity contribution in [3.63, 3.8) is 0 Å². The third kappa shape index (κ3) is 3.74. The number of hydrogen-bond acceptors (Lipinski definition) is 3. The summed E-state index contributed by atoms with van der Waals surface area (Å²) in [7, 11) is 0. The van der Waals surface area contributed by atoms with Crippen molar-refractivity contribution in [1.82, 2.24) is 0 Å². The number of carbonyl (C=O) groups is 2. The predicted octanol–water partition coefficient (Wildman–Crippen LogP) is 4.77. The summed E-state index contributed by atoms with van der Waals surface area (Å²) in [5.41, 5.74) is 1.55. The van der Waals surface area contributed by atoms with Crippen LogP contribution in [0.3, 0.4) is 0 Å². The molecular formula is C18H17ClO3. The fraction of sp³-hybridized carbons (Fsp3) is 0.222. The van der Waals surface area contributed by atoms with Crippen molar-refractivity contribution >= 4 is 23.9 Å². The van der Waals surface area contributed by atoms with Crippen LogP contribution in [0.15, 0.2) is 42.5 Å². The van der Waals surface area contributed by atoms with Gasteiger partial charge in [0, 0.05) is 10.6 Å². The van der Waals surface area contributed by atoms with Gasteiger partial charge in [-0.2, -0.15) is 0 Å². The monoisotopic (exact) mass is 316 g/mol. The molecule has 0 atom stereocenters. The molecule has 3 nitrogen and oxygen atoms in total. The maximum Gasteiger partial charge on any atom is 0.339 e. The van der Waals surface area contributed by atoms with Crippen LogP contribution in [0.5, 0.6) is 0 Å². The number of halogens is 1. The van der Waals surface area contributed by atoms with Gasteiger partial charge < -0.3 is 4.74 Å². The molecule has 0 fully saturated rings. The van der Waals surface area contributed by atoms with Crippen LogP contribution in [0.1, 0.15) is 41.5 Å². The highest BCUT2D eigenvalue weighted by atomic mass is 35.5. The molecule has 0 N–H and O–H groups in total. The first-order chi connectivity index (χ1) is 10.3. The maximum absolute atomic E-state index is 12.4. The van der Waals surface area contributed by atoms with Crippen LogP contribution in [-0.2, 0) is 4.74 Å². The van der Waals surface area contributed by atoms with E-state index in [1.54, 1.807) is 57.2 Å².